The van der Waals surface area contributed by atoms with Gasteiger partial charge in [0.1, 0.15) is 0 Å². The van der Waals surface area contributed by atoms with Gasteiger partial charge in [0.25, 0.3) is 15.9 Å². The Bertz CT molecular complexity index is 1130. The lowest BCUT2D eigenvalue weighted by molar-refractivity contribution is 0.102. The van der Waals surface area contributed by atoms with E-state index >= 15 is 0 Å². The number of nitrogens with zero attached hydrogens (tertiary/aromatic N) is 1. The number of para-hydroxylation sites is 1. The molecule has 3 aromatic rings. The Morgan fingerprint density at radius 2 is 1.79 bits per heavy atom. The van der Waals surface area contributed by atoms with Crippen LogP contribution in [0.3, 0.4) is 0 Å². The van der Waals surface area contributed by atoms with Crippen LogP contribution in [-0.2, 0) is 10.0 Å². The lowest BCUT2D eigenvalue weighted by atomic mass is 10.2. The molecular weight excluding hydrogens is 398 g/mol. The second-order valence-electron chi connectivity index (χ2n) is 6.21. The molecule has 8 heteroatoms. The molecule has 1 aromatic heterocycles. The largest absolute Gasteiger partial charge is 0.322 e. The first-order valence-electron chi connectivity index (χ1n) is 8.38. The lowest BCUT2D eigenvalue weighted by Gasteiger charge is -2.13. The maximum Gasteiger partial charge on any atom is 0.262 e. The Morgan fingerprint density at radius 1 is 1.04 bits per heavy atom. The Morgan fingerprint density at radius 3 is 2.46 bits per heavy atom. The molecular formula is C20H18ClN3O3S. The van der Waals surface area contributed by atoms with E-state index in [1.807, 2.05) is 6.92 Å². The van der Waals surface area contributed by atoms with E-state index in [0.29, 0.717) is 21.8 Å². The first kappa shape index (κ1) is 19.9. The second kappa shape index (κ2) is 8.00. The molecule has 0 aliphatic carbocycles. The number of carbonyl (C=O) groups is 1. The van der Waals surface area contributed by atoms with Gasteiger partial charge in [-0.1, -0.05) is 29.8 Å². The van der Waals surface area contributed by atoms with E-state index in [-0.39, 0.29) is 16.5 Å². The highest BCUT2D eigenvalue weighted by atomic mass is 35.5. The first-order chi connectivity index (χ1) is 13.3. The van der Waals surface area contributed by atoms with Gasteiger partial charge in [-0.2, -0.15) is 0 Å². The summed E-state index contributed by atoms with van der Waals surface area (Å²) in [4.78, 5) is 16.5. The molecule has 144 valence electrons. The number of aromatic nitrogens is 1. The third-order valence-electron chi connectivity index (χ3n) is 4.03. The highest BCUT2D eigenvalue weighted by molar-refractivity contribution is 7.92. The highest BCUT2D eigenvalue weighted by Gasteiger charge is 2.19. The summed E-state index contributed by atoms with van der Waals surface area (Å²) in [6, 6.07) is 14.6. The molecule has 0 saturated carbocycles. The normalized spacial score (nSPS) is 11.1. The minimum atomic E-state index is -3.89. The summed E-state index contributed by atoms with van der Waals surface area (Å²) in [5.41, 5.74) is 2.35. The van der Waals surface area contributed by atoms with E-state index < -0.39 is 10.0 Å². The van der Waals surface area contributed by atoms with E-state index in [2.05, 4.69) is 15.0 Å². The van der Waals surface area contributed by atoms with E-state index in [0.717, 1.165) is 5.69 Å². The molecule has 0 unspecified atom stereocenters. The molecule has 28 heavy (non-hydrogen) atoms. The number of halogens is 1. The van der Waals surface area contributed by atoms with Crippen LogP contribution in [0.15, 0.2) is 65.7 Å². The zero-order valence-electron chi connectivity index (χ0n) is 15.2. The summed E-state index contributed by atoms with van der Waals surface area (Å²) in [7, 11) is -3.89. The van der Waals surface area contributed by atoms with E-state index in [4.69, 9.17) is 11.6 Å². The number of pyridine rings is 1. The first-order valence-corrected chi connectivity index (χ1v) is 10.2. The van der Waals surface area contributed by atoms with Gasteiger partial charge in [0.05, 0.1) is 21.2 Å². The molecule has 2 N–H and O–H groups in total. The summed E-state index contributed by atoms with van der Waals surface area (Å²) in [5, 5.41) is 2.99. The van der Waals surface area contributed by atoms with Crippen molar-refractivity contribution in [2.45, 2.75) is 18.7 Å². The van der Waals surface area contributed by atoms with Crippen LogP contribution in [0.25, 0.3) is 0 Å². The van der Waals surface area contributed by atoms with Crippen molar-refractivity contribution in [3.63, 3.8) is 0 Å². The molecule has 0 aliphatic heterocycles. The lowest BCUT2D eigenvalue weighted by Crippen LogP contribution is -2.16. The van der Waals surface area contributed by atoms with Crippen LogP contribution >= 0.6 is 11.6 Å². The fourth-order valence-corrected chi connectivity index (χ4v) is 4.11. The van der Waals surface area contributed by atoms with Gasteiger partial charge in [0.15, 0.2) is 0 Å². The Kier molecular flexibility index (Phi) is 5.67. The summed E-state index contributed by atoms with van der Waals surface area (Å²) in [6.45, 7) is 3.50. The van der Waals surface area contributed by atoms with Crippen LogP contribution in [0, 0.1) is 13.8 Å². The molecule has 0 radical (unpaired) electrons. The zero-order chi connectivity index (χ0) is 20.3. The molecule has 3 rings (SSSR count). The van der Waals surface area contributed by atoms with Crippen LogP contribution in [0.1, 0.15) is 21.6 Å². The Balaban J connectivity index is 1.87. The van der Waals surface area contributed by atoms with Gasteiger partial charge in [0.2, 0.25) is 0 Å². The van der Waals surface area contributed by atoms with Crippen molar-refractivity contribution < 1.29 is 13.2 Å². The fraction of sp³-hybridized carbons (Fsp3) is 0.100. The number of nitrogens with one attached hydrogen (secondary N) is 2. The molecule has 1 amide bonds. The van der Waals surface area contributed by atoms with Gasteiger partial charge in [0, 0.05) is 17.6 Å². The van der Waals surface area contributed by atoms with E-state index in [1.165, 1.54) is 12.3 Å². The van der Waals surface area contributed by atoms with Crippen molar-refractivity contribution >= 4 is 38.9 Å². The van der Waals surface area contributed by atoms with Crippen molar-refractivity contribution in [3.05, 3.63) is 82.6 Å². The van der Waals surface area contributed by atoms with Crippen LogP contribution in [0.4, 0.5) is 11.4 Å². The van der Waals surface area contributed by atoms with Crippen LogP contribution < -0.4 is 10.0 Å². The molecule has 2 aromatic carbocycles. The average Bonchev–Trinajstić information content (AvgIpc) is 2.65. The number of hydrogen-bond donors (Lipinski definition) is 2. The fourth-order valence-electron chi connectivity index (χ4n) is 2.52. The molecule has 0 atom stereocenters. The van der Waals surface area contributed by atoms with Gasteiger partial charge in [-0.15, -0.1) is 0 Å². The van der Waals surface area contributed by atoms with Gasteiger partial charge >= 0.3 is 0 Å². The summed E-state index contributed by atoms with van der Waals surface area (Å²) in [6.07, 6.45) is 1.47. The van der Waals surface area contributed by atoms with Crippen molar-refractivity contribution in [2.75, 3.05) is 10.0 Å². The van der Waals surface area contributed by atoms with Crippen molar-refractivity contribution in [1.82, 2.24) is 4.98 Å². The van der Waals surface area contributed by atoms with E-state index in [9.17, 15) is 13.2 Å². The van der Waals surface area contributed by atoms with Gasteiger partial charge in [-0.05, 0) is 55.8 Å². The number of amides is 1. The third kappa shape index (κ3) is 4.49. The predicted octanol–water partition coefficient (Wildman–Crippen LogP) is 4.40. The van der Waals surface area contributed by atoms with Gasteiger partial charge in [-0.3, -0.25) is 14.5 Å². The second-order valence-corrected chi connectivity index (χ2v) is 8.27. The number of sulfonamides is 1. The topological polar surface area (TPSA) is 88.2 Å². The Hall–Kier alpha value is -2.90. The molecule has 0 fully saturated rings. The maximum absolute atomic E-state index is 12.8. The standard InChI is InChI=1S/C20H18ClN3O3S/c1-13-7-10-16(23-20(25)15-9-8-14(2)22-12-15)11-19(13)28(26,27)24-18-6-4-3-5-17(18)21/h3-12,24H,1-2H3,(H,23,25). The summed E-state index contributed by atoms with van der Waals surface area (Å²) in [5.74, 6) is -0.376. The van der Waals surface area contributed by atoms with Crippen molar-refractivity contribution in [2.24, 2.45) is 0 Å². The molecule has 0 aliphatic rings. The van der Waals surface area contributed by atoms with Crippen LogP contribution in [0.2, 0.25) is 5.02 Å². The Labute approximate surface area is 168 Å². The quantitative estimate of drug-likeness (QED) is 0.646. The number of rotatable bonds is 5. The summed E-state index contributed by atoms with van der Waals surface area (Å²) >= 11 is 6.05. The van der Waals surface area contributed by atoms with E-state index in [1.54, 1.807) is 55.5 Å². The van der Waals surface area contributed by atoms with Crippen molar-refractivity contribution in [1.29, 1.82) is 0 Å². The van der Waals surface area contributed by atoms with Gasteiger partial charge in [-0.25, -0.2) is 8.42 Å². The zero-order valence-corrected chi connectivity index (χ0v) is 16.8. The maximum atomic E-state index is 12.8. The molecule has 1 heterocycles. The van der Waals surface area contributed by atoms with Crippen LogP contribution in [0.5, 0.6) is 0 Å². The number of hydrogen-bond acceptors (Lipinski definition) is 4. The van der Waals surface area contributed by atoms with Crippen molar-refractivity contribution in [3.8, 4) is 0 Å². The molecule has 0 saturated heterocycles. The minimum absolute atomic E-state index is 0.0484. The molecule has 6 nitrogen and oxygen atoms in total. The summed E-state index contributed by atoms with van der Waals surface area (Å²) < 4.78 is 28.1. The average molecular weight is 416 g/mol. The minimum Gasteiger partial charge on any atom is -0.322 e. The number of aryl methyl sites for hydroxylation is 2. The third-order valence-corrected chi connectivity index (χ3v) is 5.86. The van der Waals surface area contributed by atoms with Gasteiger partial charge < -0.3 is 5.32 Å². The monoisotopic (exact) mass is 415 g/mol. The number of carbonyl (C=O) groups excluding carboxylic acids is 1. The SMILES string of the molecule is Cc1ccc(C(=O)Nc2ccc(C)c(S(=O)(=O)Nc3ccccc3Cl)c2)cn1. The predicted molar refractivity (Wildman–Crippen MR) is 110 cm³/mol. The smallest absolute Gasteiger partial charge is 0.262 e. The molecule has 0 bridgehead atoms. The number of benzene rings is 2. The number of anilines is 2. The molecule has 0 spiro atoms. The highest BCUT2D eigenvalue weighted by Crippen LogP contribution is 2.27. The van der Waals surface area contributed by atoms with Crippen LogP contribution in [-0.4, -0.2) is 19.3 Å².